The van der Waals surface area contributed by atoms with Crippen LogP contribution in [0.4, 0.5) is 5.69 Å². The van der Waals surface area contributed by atoms with Crippen molar-refractivity contribution in [3.8, 4) is 0 Å². The molecule has 18 heavy (non-hydrogen) atoms. The molecular weight excluding hydrogens is 222 g/mol. The lowest BCUT2D eigenvalue weighted by molar-refractivity contribution is 0.342. The Bertz CT molecular complexity index is 477. The lowest BCUT2D eigenvalue weighted by Crippen LogP contribution is -2.21. The molecule has 0 radical (unpaired) electrons. The Morgan fingerprint density at radius 1 is 1.06 bits per heavy atom. The topological polar surface area (TPSA) is 28.2 Å². The molecule has 1 atom stereocenters. The van der Waals surface area contributed by atoms with Crippen LogP contribution in [0.15, 0.2) is 48.8 Å². The summed E-state index contributed by atoms with van der Waals surface area (Å²) in [5.74, 6) is 0. The second kappa shape index (κ2) is 5.65. The van der Waals surface area contributed by atoms with Gasteiger partial charge >= 0.3 is 0 Å². The summed E-state index contributed by atoms with van der Waals surface area (Å²) in [5.41, 5.74) is 3.61. The SMILES string of the molecule is CNc1ccc(C(c2cccnc2)N(C)C)cc1. The summed E-state index contributed by atoms with van der Waals surface area (Å²) < 4.78 is 0. The van der Waals surface area contributed by atoms with Gasteiger partial charge in [-0.2, -0.15) is 0 Å². The van der Waals surface area contributed by atoms with Crippen molar-refractivity contribution in [2.45, 2.75) is 6.04 Å². The maximum absolute atomic E-state index is 4.21. The Labute approximate surface area is 108 Å². The van der Waals surface area contributed by atoms with Crippen molar-refractivity contribution in [1.82, 2.24) is 9.88 Å². The van der Waals surface area contributed by atoms with Gasteiger partial charge in [0.05, 0.1) is 6.04 Å². The average molecular weight is 241 g/mol. The summed E-state index contributed by atoms with van der Waals surface area (Å²) in [6.45, 7) is 0. The van der Waals surface area contributed by atoms with E-state index in [1.807, 2.05) is 19.3 Å². The molecule has 0 aliphatic carbocycles. The summed E-state index contributed by atoms with van der Waals surface area (Å²) in [5, 5.41) is 3.14. The zero-order valence-electron chi connectivity index (χ0n) is 11.1. The van der Waals surface area contributed by atoms with Gasteiger partial charge in [-0.05, 0) is 43.4 Å². The van der Waals surface area contributed by atoms with E-state index in [1.165, 1.54) is 11.1 Å². The molecule has 0 amide bonds. The summed E-state index contributed by atoms with van der Waals surface area (Å²) >= 11 is 0. The lowest BCUT2D eigenvalue weighted by Gasteiger charge is -2.25. The molecule has 1 heterocycles. The van der Waals surface area contributed by atoms with Gasteiger partial charge in [-0.1, -0.05) is 18.2 Å². The molecule has 0 saturated carbocycles. The number of hydrogen-bond acceptors (Lipinski definition) is 3. The highest BCUT2D eigenvalue weighted by molar-refractivity contribution is 5.45. The highest BCUT2D eigenvalue weighted by Gasteiger charge is 2.16. The predicted octanol–water partition coefficient (Wildman–Crippen LogP) is 2.77. The van der Waals surface area contributed by atoms with E-state index in [9.17, 15) is 0 Å². The molecule has 0 fully saturated rings. The van der Waals surface area contributed by atoms with E-state index in [-0.39, 0.29) is 6.04 Å². The van der Waals surface area contributed by atoms with Crippen LogP contribution in [0.1, 0.15) is 17.2 Å². The van der Waals surface area contributed by atoms with Gasteiger partial charge < -0.3 is 5.32 Å². The summed E-state index contributed by atoms with van der Waals surface area (Å²) in [7, 11) is 6.10. The van der Waals surface area contributed by atoms with Crippen molar-refractivity contribution in [2.75, 3.05) is 26.5 Å². The fourth-order valence-electron chi connectivity index (χ4n) is 2.16. The van der Waals surface area contributed by atoms with Crippen LogP contribution >= 0.6 is 0 Å². The molecule has 0 spiro atoms. The minimum absolute atomic E-state index is 0.240. The molecule has 2 aromatic rings. The molecular formula is C15H19N3. The maximum Gasteiger partial charge on any atom is 0.0612 e. The molecule has 0 aliphatic heterocycles. The first-order valence-electron chi connectivity index (χ1n) is 6.06. The summed E-state index contributed by atoms with van der Waals surface area (Å²) in [6, 6.07) is 12.8. The van der Waals surface area contributed by atoms with E-state index < -0.39 is 0 Å². The monoisotopic (exact) mass is 241 g/mol. The lowest BCUT2D eigenvalue weighted by atomic mass is 9.99. The van der Waals surface area contributed by atoms with Gasteiger partial charge in [0.1, 0.15) is 0 Å². The Hall–Kier alpha value is -1.87. The Kier molecular flexibility index (Phi) is 3.95. The molecule has 1 unspecified atom stereocenters. The van der Waals surface area contributed by atoms with Gasteiger partial charge in [-0.25, -0.2) is 0 Å². The highest BCUT2D eigenvalue weighted by Crippen LogP contribution is 2.26. The number of hydrogen-bond donors (Lipinski definition) is 1. The fourth-order valence-corrected chi connectivity index (χ4v) is 2.16. The molecule has 2 rings (SSSR count). The minimum Gasteiger partial charge on any atom is -0.388 e. The zero-order chi connectivity index (χ0) is 13.0. The van der Waals surface area contributed by atoms with E-state index in [4.69, 9.17) is 0 Å². The number of nitrogens with zero attached hydrogens (tertiary/aromatic N) is 2. The zero-order valence-corrected chi connectivity index (χ0v) is 11.1. The van der Waals surface area contributed by atoms with Gasteiger partial charge in [0.15, 0.2) is 0 Å². The number of nitrogens with one attached hydrogen (secondary N) is 1. The van der Waals surface area contributed by atoms with E-state index in [0.29, 0.717) is 0 Å². The smallest absolute Gasteiger partial charge is 0.0612 e. The van der Waals surface area contributed by atoms with E-state index in [1.54, 1.807) is 6.20 Å². The van der Waals surface area contributed by atoms with Crippen LogP contribution in [0.5, 0.6) is 0 Å². The fraction of sp³-hybridized carbons (Fsp3) is 0.267. The molecule has 1 aromatic carbocycles. The van der Waals surface area contributed by atoms with E-state index in [0.717, 1.165) is 5.69 Å². The van der Waals surface area contributed by atoms with Crippen LogP contribution in [0.3, 0.4) is 0 Å². The van der Waals surface area contributed by atoms with Crippen molar-refractivity contribution in [1.29, 1.82) is 0 Å². The molecule has 94 valence electrons. The first-order chi connectivity index (χ1) is 8.72. The highest BCUT2D eigenvalue weighted by atomic mass is 15.1. The number of anilines is 1. The largest absolute Gasteiger partial charge is 0.388 e. The van der Waals surface area contributed by atoms with Gasteiger partial charge in [0, 0.05) is 25.1 Å². The van der Waals surface area contributed by atoms with Crippen LogP contribution in [0, 0.1) is 0 Å². The third kappa shape index (κ3) is 2.68. The molecule has 0 aliphatic rings. The Balaban J connectivity index is 2.36. The van der Waals surface area contributed by atoms with Crippen molar-refractivity contribution >= 4 is 5.69 Å². The van der Waals surface area contributed by atoms with Crippen molar-refractivity contribution < 1.29 is 0 Å². The second-order valence-corrected chi connectivity index (χ2v) is 4.52. The minimum atomic E-state index is 0.240. The van der Waals surface area contributed by atoms with Crippen molar-refractivity contribution in [3.63, 3.8) is 0 Å². The van der Waals surface area contributed by atoms with Gasteiger partial charge in [0.25, 0.3) is 0 Å². The summed E-state index contributed by atoms with van der Waals surface area (Å²) in [6.07, 6.45) is 3.73. The Morgan fingerprint density at radius 3 is 2.28 bits per heavy atom. The average Bonchev–Trinajstić information content (AvgIpc) is 2.40. The molecule has 0 bridgehead atoms. The standard InChI is InChI=1S/C15H19N3/c1-16-14-8-6-12(7-9-14)15(18(2)3)13-5-4-10-17-11-13/h4-11,15-16H,1-3H3. The molecule has 1 aromatic heterocycles. The predicted molar refractivity (Wildman–Crippen MR) is 75.8 cm³/mol. The first-order valence-corrected chi connectivity index (χ1v) is 6.06. The van der Waals surface area contributed by atoms with E-state index in [2.05, 4.69) is 59.6 Å². The third-order valence-corrected chi connectivity index (χ3v) is 3.03. The van der Waals surface area contributed by atoms with Crippen LogP contribution in [0.2, 0.25) is 0 Å². The third-order valence-electron chi connectivity index (χ3n) is 3.03. The quantitative estimate of drug-likeness (QED) is 0.892. The summed E-state index contributed by atoms with van der Waals surface area (Å²) in [4.78, 5) is 6.41. The molecule has 3 heteroatoms. The second-order valence-electron chi connectivity index (χ2n) is 4.52. The number of pyridine rings is 1. The molecule has 0 saturated heterocycles. The Morgan fingerprint density at radius 2 is 1.78 bits per heavy atom. The van der Waals surface area contributed by atoms with Gasteiger partial charge in [0.2, 0.25) is 0 Å². The van der Waals surface area contributed by atoms with Gasteiger partial charge in [-0.3, -0.25) is 9.88 Å². The number of rotatable bonds is 4. The maximum atomic E-state index is 4.21. The van der Waals surface area contributed by atoms with Crippen LogP contribution in [0.25, 0.3) is 0 Å². The normalized spacial score (nSPS) is 12.4. The van der Waals surface area contributed by atoms with E-state index >= 15 is 0 Å². The van der Waals surface area contributed by atoms with Gasteiger partial charge in [-0.15, -0.1) is 0 Å². The van der Waals surface area contributed by atoms with Crippen LogP contribution in [-0.2, 0) is 0 Å². The molecule has 3 nitrogen and oxygen atoms in total. The first kappa shape index (κ1) is 12.6. The van der Waals surface area contributed by atoms with Crippen LogP contribution in [-0.4, -0.2) is 31.0 Å². The van der Waals surface area contributed by atoms with Crippen molar-refractivity contribution in [3.05, 3.63) is 59.9 Å². The van der Waals surface area contributed by atoms with Crippen LogP contribution < -0.4 is 5.32 Å². The number of benzene rings is 1. The van der Waals surface area contributed by atoms with Crippen molar-refractivity contribution in [2.24, 2.45) is 0 Å². The number of aromatic nitrogens is 1. The molecule has 1 N–H and O–H groups in total.